The summed E-state index contributed by atoms with van der Waals surface area (Å²) in [5, 5.41) is 10.9. The van der Waals surface area contributed by atoms with Crippen LogP contribution >= 0.6 is 15.9 Å². The van der Waals surface area contributed by atoms with Gasteiger partial charge in [0.25, 0.3) is 0 Å². The maximum atomic E-state index is 14.0. The zero-order valence-electron chi connectivity index (χ0n) is 12.3. The van der Waals surface area contributed by atoms with Crippen molar-refractivity contribution in [2.24, 2.45) is 0 Å². The molecule has 1 fully saturated rings. The Bertz CT molecular complexity index is 539. The molecular weight excluding hydrogens is 420 g/mol. The van der Waals surface area contributed by atoms with Gasteiger partial charge in [0.2, 0.25) is 0 Å². The van der Waals surface area contributed by atoms with Gasteiger partial charge < -0.3 is 0 Å². The maximum absolute atomic E-state index is 14.0. The summed E-state index contributed by atoms with van der Waals surface area (Å²) in [6, 6.07) is 0. The quantitative estimate of drug-likeness (QED) is 0.514. The number of methoxy groups -OCH3 is 1. The molecule has 0 aromatic heterocycles. The van der Waals surface area contributed by atoms with Crippen molar-refractivity contribution < 1.29 is 19.0 Å². The van der Waals surface area contributed by atoms with Crippen LogP contribution in [0.2, 0.25) is 0 Å². The van der Waals surface area contributed by atoms with Crippen LogP contribution in [0.3, 0.4) is 0 Å². The first-order chi connectivity index (χ1) is 10.5. The molecule has 1 saturated carbocycles. The number of rotatable bonds is 2. The van der Waals surface area contributed by atoms with Crippen molar-refractivity contribution in [3.63, 3.8) is 0 Å². The van der Waals surface area contributed by atoms with Crippen molar-refractivity contribution >= 4 is 37.1 Å². The first-order valence-electron chi connectivity index (χ1n) is 7.16. The number of aliphatic hydroxyl groups is 1. The summed E-state index contributed by atoms with van der Waals surface area (Å²) < 4.78 is 23.3. The predicted octanol–water partition coefficient (Wildman–Crippen LogP) is 2.81. The third kappa shape index (κ3) is 4.02. The Labute approximate surface area is 144 Å². The fourth-order valence-electron chi connectivity index (χ4n) is 2.66. The standard InChI is InChI=1S/C15H19BrFNO3Se/c1-21-14(19)10-5-6-11(16)13(22-18-9-12(10)17)15(20)7-3-2-4-8-15/h5,9,18,20H,2-4,6-8H2,1H3/b10-5+,12-9+,13-11+. The number of halogens is 2. The number of carbonyl (C=O) groups is 1. The van der Waals surface area contributed by atoms with E-state index in [0.717, 1.165) is 41.1 Å². The van der Waals surface area contributed by atoms with Gasteiger partial charge in [0.05, 0.1) is 0 Å². The van der Waals surface area contributed by atoms with Crippen molar-refractivity contribution in [3.05, 3.63) is 32.6 Å². The first kappa shape index (κ1) is 17.7. The minimum absolute atomic E-state index is 0.0976. The van der Waals surface area contributed by atoms with Gasteiger partial charge in [-0.25, -0.2) is 0 Å². The van der Waals surface area contributed by atoms with Gasteiger partial charge in [0.15, 0.2) is 0 Å². The van der Waals surface area contributed by atoms with Crippen LogP contribution in [0, 0.1) is 0 Å². The second-order valence-electron chi connectivity index (χ2n) is 5.35. The van der Waals surface area contributed by atoms with E-state index in [2.05, 4.69) is 25.0 Å². The van der Waals surface area contributed by atoms with Gasteiger partial charge in [-0.2, -0.15) is 0 Å². The zero-order valence-corrected chi connectivity index (χ0v) is 15.6. The molecule has 7 heteroatoms. The molecule has 0 radical (unpaired) electrons. The fraction of sp³-hybridized carbons (Fsp3) is 0.533. The molecule has 0 aromatic rings. The number of esters is 1. The van der Waals surface area contributed by atoms with Crippen molar-refractivity contribution in [1.82, 2.24) is 4.33 Å². The van der Waals surface area contributed by atoms with E-state index in [-0.39, 0.29) is 20.7 Å². The van der Waals surface area contributed by atoms with Gasteiger partial charge in [-0.3, -0.25) is 0 Å². The number of carbonyl (C=O) groups excluding carboxylic acids is 1. The Kier molecular flexibility index (Phi) is 6.26. The van der Waals surface area contributed by atoms with Crippen LogP contribution in [0.1, 0.15) is 38.5 Å². The molecule has 0 atom stereocenters. The van der Waals surface area contributed by atoms with Crippen LogP contribution in [0.15, 0.2) is 32.6 Å². The molecule has 122 valence electrons. The van der Waals surface area contributed by atoms with Gasteiger partial charge in [-0.05, 0) is 0 Å². The van der Waals surface area contributed by atoms with Crippen molar-refractivity contribution in [1.29, 1.82) is 0 Å². The van der Waals surface area contributed by atoms with E-state index in [1.54, 1.807) is 0 Å². The SMILES string of the molecule is COC(=O)C1=C/C/C(Br)=C(/C2(O)CCCCC2)[Se]N/C=C\1F. The Balaban J connectivity index is 2.32. The van der Waals surface area contributed by atoms with E-state index in [9.17, 15) is 14.3 Å². The molecule has 1 aliphatic carbocycles. The molecule has 1 heterocycles. The van der Waals surface area contributed by atoms with Gasteiger partial charge in [-0.15, -0.1) is 0 Å². The van der Waals surface area contributed by atoms with Crippen LogP contribution in [0.4, 0.5) is 4.39 Å². The molecule has 0 unspecified atom stereocenters. The van der Waals surface area contributed by atoms with E-state index in [0.29, 0.717) is 6.42 Å². The number of ether oxygens (including phenoxy) is 1. The Morgan fingerprint density at radius 3 is 2.77 bits per heavy atom. The summed E-state index contributed by atoms with van der Waals surface area (Å²) in [6.07, 6.45) is 7.59. The molecular formula is C15H19BrFNO3Se. The average molecular weight is 439 g/mol. The zero-order chi connectivity index (χ0) is 16.2. The average Bonchev–Trinajstić information content (AvgIpc) is 2.57. The molecule has 0 aromatic carbocycles. The molecule has 0 bridgehead atoms. The number of allylic oxidation sites excluding steroid dienone is 2. The third-order valence-electron chi connectivity index (χ3n) is 3.84. The second kappa shape index (κ2) is 7.77. The van der Waals surface area contributed by atoms with Gasteiger partial charge in [0, 0.05) is 0 Å². The predicted molar refractivity (Wildman–Crippen MR) is 86.8 cm³/mol. The molecule has 22 heavy (non-hydrogen) atoms. The van der Waals surface area contributed by atoms with Gasteiger partial charge >= 0.3 is 144 Å². The molecule has 1 aliphatic heterocycles. The van der Waals surface area contributed by atoms with E-state index in [1.165, 1.54) is 19.4 Å². The van der Waals surface area contributed by atoms with Gasteiger partial charge in [-0.1, -0.05) is 0 Å². The van der Waals surface area contributed by atoms with Crippen LogP contribution in [0.25, 0.3) is 0 Å². The fourth-order valence-corrected chi connectivity index (χ4v) is 5.43. The van der Waals surface area contributed by atoms with Crippen molar-refractivity contribution in [2.75, 3.05) is 7.11 Å². The molecule has 4 nitrogen and oxygen atoms in total. The van der Waals surface area contributed by atoms with Crippen LogP contribution in [-0.4, -0.2) is 39.0 Å². The van der Waals surface area contributed by atoms with Crippen LogP contribution < -0.4 is 4.33 Å². The molecule has 0 amide bonds. The van der Waals surface area contributed by atoms with E-state index >= 15 is 0 Å². The molecule has 2 aliphatic rings. The molecule has 0 spiro atoms. The van der Waals surface area contributed by atoms with E-state index in [1.807, 2.05) is 0 Å². The summed E-state index contributed by atoms with van der Waals surface area (Å²) in [6.45, 7) is 0. The molecule has 2 rings (SSSR count). The van der Waals surface area contributed by atoms with Crippen molar-refractivity contribution in [2.45, 2.75) is 44.1 Å². The number of nitrogens with one attached hydrogen (secondary N) is 1. The van der Waals surface area contributed by atoms with Gasteiger partial charge in [0.1, 0.15) is 0 Å². The Morgan fingerprint density at radius 2 is 2.14 bits per heavy atom. The van der Waals surface area contributed by atoms with E-state index in [4.69, 9.17) is 0 Å². The Hall–Kier alpha value is -0.621. The van der Waals surface area contributed by atoms with E-state index < -0.39 is 17.4 Å². The number of hydrogen-bond acceptors (Lipinski definition) is 4. The van der Waals surface area contributed by atoms with Crippen LogP contribution in [-0.2, 0) is 9.53 Å². The topological polar surface area (TPSA) is 58.6 Å². The minimum atomic E-state index is -0.835. The summed E-state index contributed by atoms with van der Waals surface area (Å²) in [5.41, 5.74) is -0.933. The second-order valence-corrected chi connectivity index (χ2v) is 8.09. The summed E-state index contributed by atoms with van der Waals surface area (Å²) >= 11 is 3.23. The summed E-state index contributed by atoms with van der Waals surface area (Å²) in [7, 11) is 1.22. The Morgan fingerprint density at radius 1 is 1.45 bits per heavy atom. The molecule has 0 saturated heterocycles. The van der Waals surface area contributed by atoms with Crippen LogP contribution in [0.5, 0.6) is 0 Å². The normalized spacial score (nSPS) is 30.5. The third-order valence-corrected chi connectivity index (χ3v) is 7.39. The van der Waals surface area contributed by atoms with Crippen molar-refractivity contribution in [3.8, 4) is 0 Å². The first-order valence-corrected chi connectivity index (χ1v) is 9.67. The summed E-state index contributed by atoms with van der Waals surface area (Å²) in [5.74, 6) is -1.35. The summed E-state index contributed by atoms with van der Waals surface area (Å²) in [4.78, 5) is 11.6. The molecule has 2 N–H and O–H groups in total. The number of hydrogen-bond donors (Lipinski definition) is 2. The monoisotopic (exact) mass is 439 g/mol.